The number of benzene rings is 1. The minimum atomic E-state index is -0.564. The Morgan fingerprint density at radius 1 is 1.29 bits per heavy atom. The first kappa shape index (κ1) is 18.0. The van der Waals surface area contributed by atoms with Gasteiger partial charge in [-0.15, -0.1) is 11.6 Å². The number of hydrogen-bond donors (Lipinski definition) is 3. The van der Waals surface area contributed by atoms with Gasteiger partial charge in [0, 0.05) is 23.9 Å². The van der Waals surface area contributed by atoms with Crippen molar-refractivity contribution in [3.05, 3.63) is 29.8 Å². The zero-order valence-electron chi connectivity index (χ0n) is 12.4. The number of hydrogen-bond acceptors (Lipinski definition) is 3. The third kappa shape index (κ3) is 6.04. The summed E-state index contributed by atoms with van der Waals surface area (Å²) in [5, 5.41) is 22.1. The molecule has 5 heteroatoms. The number of unbranched alkanes of at least 4 members (excludes halogenated alkanes) is 1. The Kier molecular flexibility index (Phi) is 8.35. The Labute approximate surface area is 131 Å². The molecular formula is C16H24ClNO3. The number of halogens is 1. The maximum atomic E-state index is 11.7. The summed E-state index contributed by atoms with van der Waals surface area (Å²) in [6.07, 6.45) is 2.10. The van der Waals surface area contributed by atoms with Gasteiger partial charge in [0.1, 0.15) is 0 Å². The van der Waals surface area contributed by atoms with Crippen LogP contribution in [0, 0.1) is 0 Å². The first-order chi connectivity index (χ1) is 10.1. The molecule has 0 radical (unpaired) electrons. The average Bonchev–Trinajstić information content (AvgIpc) is 2.49. The lowest BCUT2D eigenvalue weighted by molar-refractivity contribution is -0.116. The summed E-state index contributed by atoms with van der Waals surface area (Å²) in [6, 6.07) is 7.24. The van der Waals surface area contributed by atoms with Gasteiger partial charge in [0.25, 0.3) is 0 Å². The molecule has 0 aliphatic rings. The third-order valence-corrected chi connectivity index (χ3v) is 3.76. The van der Waals surface area contributed by atoms with E-state index in [0.717, 1.165) is 24.1 Å². The van der Waals surface area contributed by atoms with E-state index >= 15 is 0 Å². The lowest BCUT2D eigenvalue weighted by Crippen LogP contribution is -2.21. The van der Waals surface area contributed by atoms with Crippen LogP contribution in [-0.4, -0.2) is 34.7 Å². The number of rotatable bonds is 9. The predicted molar refractivity (Wildman–Crippen MR) is 85.8 cm³/mol. The fourth-order valence-corrected chi connectivity index (χ4v) is 2.34. The molecule has 2 atom stereocenters. The van der Waals surface area contributed by atoms with Crippen molar-refractivity contribution in [2.24, 2.45) is 0 Å². The number of anilines is 1. The van der Waals surface area contributed by atoms with E-state index in [1.165, 1.54) is 0 Å². The minimum Gasteiger partial charge on any atom is -0.396 e. The molecule has 0 aromatic heterocycles. The van der Waals surface area contributed by atoms with Crippen LogP contribution in [0.4, 0.5) is 5.69 Å². The standard InChI is InChI=1S/C16H24ClNO3/c1-2-15(20)14(11-19)12-6-8-13(9-7-12)18-16(21)5-3-4-10-17/h6-9,14-15,19-20H,2-5,10-11H2,1H3,(H,18,21). The molecule has 118 valence electrons. The Hall–Kier alpha value is -1.10. The number of alkyl halides is 1. The number of carbonyl (C=O) groups is 1. The van der Waals surface area contributed by atoms with Gasteiger partial charge >= 0.3 is 0 Å². The Morgan fingerprint density at radius 3 is 2.48 bits per heavy atom. The van der Waals surface area contributed by atoms with Gasteiger partial charge in [-0.05, 0) is 37.0 Å². The lowest BCUT2D eigenvalue weighted by Gasteiger charge is -2.20. The van der Waals surface area contributed by atoms with Gasteiger partial charge in [-0.25, -0.2) is 0 Å². The van der Waals surface area contributed by atoms with Gasteiger partial charge < -0.3 is 15.5 Å². The molecule has 1 rings (SSSR count). The lowest BCUT2D eigenvalue weighted by atomic mass is 9.92. The van der Waals surface area contributed by atoms with Crippen LogP contribution in [0.2, 0.25) is 0 Å². The van der Waals surface area contributed by atoms with Crippen LogP contribution in [0.1, 0.15) is 44.1 Å². The highest BCUT2D eigenvalue weighted by Crippen LogP contribution is 2.23. The van der Waals surface area contributed by atoms with Crippen LogP contribution < -0.4 is 5.32 Å². The zero-order chi connectivity index (χ0) is 15.7. The van der Waals surface area contributed by atoms with Gasteiger partial charge in [0.2, 0.25) is 5.91 Å². The van der Waals surface area contributed by atoms with Gasteiger partial charge in [-0.3, -0.25) is 4.79 Å². The molecule has 0 bridgehead atoms. The van der Waals surface area contributed by atoms with Crippen LogP contribution in [0.15, 0.2) is 24.3 Å². The van der Waals surface area contributed by atoms with E-state index in [1.807, 2.05) is 19.1 Å². The molecule has 1 aromatic carbocycles. The highest BCUT2D eigenvalue weighted by Gasteiger charge is 2.18. The number of aliphatic hydroxyl groups excluding tert-OH is 2. The summed E-state index contributed by atoms with van der Waals surface area (Å²) < 4.78 is 0. The van der Waals surface area contributed by atoms with Gasteiger partial charge in [0.05, 0.1) is 12.7 Å². The average molecular weight is 314 g/mol. The second kappa shape index (κ2) is 9.77. The van der Waals surface area contributed by atoms with Crippen molar-refractivity contribution < 1.29 is 15.0 Å². The van der Waals surface area contributed by atoms with Gasteiger partial charge in [-0.2, -0.15) is 0 Å². The quantitative estimate of drug-likeness (QED) is 0.485. The summed E-state index contributed by atoms with van der Waals surface area (Å²) in [5.74, 6) is 0.258. The van der Waals surface area contributed by atoms with Crippen molar-refractivity contribution in [1.29, 1.82) is 0 Å². The summed E-state index contributed by atoms with van der Waals surface area (Å²) in [4.78, 5) is 11.7. The van der Waals surface area contributed by atoms with Crippen molar-refractivity contribution in [2.45, 2.75) is 44.6 Å². The molecule has 0 saturated carbocycles. The molecule has 21 heavy (non-hydrogen) atoms. The van der Waals surface area contributed by atoms with E-state index < -0.39 is 6.10 Å². The molecule has 0 aliphatic heterocycles. The predicted octanol–water partition coefficient (Wildman–Crippen LogP) is 2.88. The second-order valence-corrected chi connectivity index (χ2v) is 5.46. The summed E-state index contributed by atoms with van der Waals surface area (Å²) in [7, 11) is 0. The maximum Gasteiger partial charge on any atom is 0.224 e. The van der Waals surface area contributed by atoms with E-state index in [1.54, 1.807) is 12.1 Å². The maximum absolute atomic E-state index is 11.7. The largest absolute Gasteiger partial charge is 0.396 e. The van der Waals surface area contributed by atoms with E-state index in [-0.39, 0.29) is 18.4 Å². The third-order valence-electron chi connectivity index (χ3n) is 3.49. The highest BCUT2D eigenvalue weighted by atomic mass is 35.5. The fourth-order valence-electron chi connectivity index (χ4n) is 2.15. The molecule has 0 heterocycles. The van der Waals surface area contributed by atoms with Gasteiger partial charge in [0.15, 0.2) is 0 Å². The molecule has 0 saturated heterocycles. The SMILES string of the molecule is CCC(O)C(CO)c1ccc(NC(=O)CCCCCl)cc1. The van der Waals surface area contributed by atoms with Crippen molar-refractivity contribution in [1.82, 2.24) is 0 Å². The molecule has 0 spiro atoms. The van der Waals surface area contributed by atoms with E-state index in [2.05, 4.69) is 5.32 Å². The number of aliphatic hydroxyl groups is 2. The van der Waals surface area contributed by atoms with Crippen LogP contribution in [-0.2, 0) is 4.79 Å². The molecule has 0 aliphatic carbocycles. The first-order valence-electron chi connectivity index (χ1n) is 7.37. The normalized spacial score (nSPS) is 13.7. The number of amides is 1. The van der Waals surface area contributed by atoms with E-state index in [0.29, 0.717) is 18.7 Å². The van der Waals surface area contributed by atoms with Crippen molar-refractivity contribution in [3.8, 4) is 0 Å². The molecule has 1 amide bonds. The van der Waals surface area contributed by atoms with Crippen molar-refractivity contribution in [3.63, 3.8) is 0 Å². The topological polar surface area (TPSA) is 69.6 Å². The Bertz CT molecular complexity index is 422. The molecule has 1 aromatic rings. The summed E-state index contributed by atoms with van der Waals surface area (Å²) in [6.45, 7) is 1.78. The van der Waals surface area contributed by atoms with Crippen LogP contribution in [0.5, 0.6) is 0 Å². The first-order valence-corrected chi connectivity index (χ1v) is 7.90. The highest BCUT2D eigenvalue weighted by molar-refractivity contribution is 6.17. The smallest absolute Gasteiger partial charge is 0.224 e. The van der Waals surface area contributed by atoms with Gasteiger partial charge in [-0.1, -0.05) is 19.1 Å². The monoisotopic (exact) mass is 313 g/mol. The minimum absolute atomic E-state index is 0.0276. The molecule has 3 N–H and O–H groups in total. The van der Waals surface area contributed by atoms with Crippen LogP contribution in [0.25, 0.3) is 0 Å². The fraction of sp³-hybridized carbons (Fsp3) is 0.562. The van der Waals surface area contributed by atoms with E-state index in [4.69, 9.17) is 11.6 Å². The molecular weight excluding hydrogens is 290 g/mol. The Balaban J connectivity index is 2.59. The zero-order valence-corrected chi connectivity index (χ0v) is 13.1. The number of carbonyl (C=O) groups excluding carboxylic acids is 1. The van der Waals surface area contributed by atoms with Crippen LogP contribution in [0.3, 0.4) is 0 Å². The Morgan fingerprint density at radius 2 is 1.95 bits per heavy atom. The van der Waals surface area contributed by atoms with E-state index in [9.17, 15) is 15.0 Å². The summed E-state index contributed by atoms with van der Waals surface area (Å²) >= 11 is 5.57. The van der Waals surface area contributed by atoms with Crippen LogP contribution >= 0.6 is 11.6 Å². The number of nitrogens with one attached hydrogen (secondary N) is 1. The molecule has 0 fully saturated rings. The van der Waals surface area contributed by atoms with Crippen molar-refractivity contribution >= 4 is 23.2 Å². The summed E-state index contributed by atoms with van der Waals surface area (Å²) in [5.41, 5.74) is 1.59. The molecule has 2 unspecified atom stereocenters. The molecule has 4 nitrogen and oxygen atoms in total. The second-order valence-electron chi connectivity index (χ2n) is 5.08. The van der Waals surface area contributed by atoms with Crippen molar-refractivity contribution in [2.75, 3.05) is 17.8 Å².